The van der Waals surface area contributed by atoms with Gasteiger partial charge in [-0.15, -0.1) is 0 Å². The normalized spacial score (nSPS) is 21.0. The Balaban J connectivity index is 2.01. The highest BCUT2D eigenvalue weighted by Gasteiger charge is 2.25. The minimum absolute atomic E-state index is 1.05. The summed E-state index contributed by atoms with van der Waals surface area (Å²) < 4.78 is 0. The first-order valence-corrected chi connectivity index (χ1v) is 11.7. The average Bonchev–Trinajstić information content (AvgIpc) is 3.07. The van der Waals surface area contributed by atoms with E-state index in [-0.39, 0.29) is 0 Å². The van der Waals surface area contributed by atoms with Gasteiger partial charge in [-0.1, -0.05) is 115 Å². The largest absolute Gasteiger partial charge is 0.0845 e. The third kappa shape index (κ3) is 12.5. The quantitative estimate of drug-likeness (QED) is 0.193. The van der Waals surface area contributed by atoms with E-state index >= 15 is 0 Å². The molecular weight excluding hydrogens is 300 g/mol. The van der Waals surface area contributed by atoms with Gasteiger partial charge in [0, 0.05) is 0 Å². The van der Waals surface area contributed by atoms with E-state index in [0.29, 0.717) is 0 Å². The van der Waals surface area contributed by atoms with E-state index in [1.165, 1.54) is 109 Å². The molecule has 0 aromatic rings. The van der Waals surface area contributed by atoms with Crippen molar-refractivity contribution >= 4 is 0 Å². The molecule has 2 atom stereocenters. The molecule has 0 spiro atoms. The van der Waals surface area contributed by atoms with Crippen molar-refractivity contribution in [2.45, 2.75) is 123 Å². The molecule has 146 valence electrons. The lowest BCUT2D eigenvalue weighted by Crippen LogP contribution is -2.07. The zero-order valence-electron chi connectivity index (χ0n) is 17.5. The zero-order valence-corrected chi connectivity index (χ0v) is 17.5. The molecule has 0 N–H and O–H groups in total. The molecule has 1 saturated carbocycles. The van der Waals surface area contributed by atoms with Crippen molar-refractivity contribution in [1.82, 2.24) is 0 Å². The number of hydrogen-bond donors (Lipinski definition) is 0. The lowest BCUT2D eigenvalue weighted by molar-refractivity contribution is 0.327. The molecule has 0 heterocycles. The summed E-state index contributed by atoms with van der Waals surface area (Å²) in [6.07, 6.45) is 33.5. The summed E-state index contributed by atoms with van der Waals surface area (Å²) in [6.45, 7) is 4.58. The van der Waals surface area contributed by atoms with Crippen LogP contribution in [-0.2, 0) is 0 Å². The van der Waals surface area contributed by atoms with Crippen LogP contribution in [0.25, 0.3) is 0 Å². The van der Waals surface area contributed by atoms with Crippen molar-refractivity contribution < 1.29 is 0 Å². The first kappa shape index (κ1) is 22.5. The van der Waals surface area contributed by atoms with E-state index in [2.05, 4.69) is 38.2 Å². The Morgan fingerprint density at radius 2 is 1.12 bits per heavy atom. The van der Waals surface area contributed by atoms with Crippen molar-refractivity contribution in [2.24, 2.45) is 11.8 Å². The Bertz CT molecular complexity index is 325. The van der Waals surface area contributed by atoms with Crippen LogP contribution in [0.15, 0.2) is 24.3 Å². The average molecular weight is 347 g/mol. The Hall–Kier alpha value is -0.520. The van der Waals surface area contributed by atoms with E-state index in [4.69, 9.17) is 0 Å². The molecule has 0 radical (unpaired) electrons. The maximum absolute atomic E-state index is 2.38. The van der Waals surface area contributed by atoms with Gasteiger partial charge in [0.2, 0.25) is 0 Å². The Morgan fingerprint density at radius 1 is 0.600 bits per heavy atom. The number of unbranched alkanes of at least 4 members (excludes halogenated alkanes) is 9. The van der Waals surface area contributed by atoms with Gasteiger partial charge in [0.1, 0.15) is 0 Å². The van der Waals surface area contributed by atoms with Gasteiger partial charge in [-0.05, 0) is 43.9 Å². The fraction of sp³-hybridized carbons (Fsp3) is 0.840. The minimum Gasteiger partial charge on any atom is -0.0845 e. The molecule has 0 heteroatoms. The predicted octanol–water partition coefficient (Wildman–Crippen LogP) is 9.02. The van der Waals surface area contributed by atoms with Crippen molar-refractivity contribution in [3.63, 3.8) is 0 Å². The molecule has 1 aliphatic carbocycles. The van der Waals surface area contributed by atoms with Crippen LogP contribution >= 0.6 is 0 Å². The number of hydrogen-bond acceptors (Lipinski definition) is 0. The van der Waals surface area contributed by atoms with Crippen LogP contribution in [0.5, 0.6) is 0 Å². The van der Waals surface area contributed by atoms with Gasteiger partial charge in [0.15, 0.2) is 0 Å². The van der Waals surface area contributed by atoms with Gasteiger partial charge >= 0.3 is 0 Å². The third-order valence-electron chi connectivity index (χ3n) is 6.05. The van der Waals surface area contributed by atoms with E-state index in [9.17, 15) is 0 Å². The lowest BCUT2D eigenvalue weighted by Gasteiger charge is -2.19. The van der Waals surface area contributed by atoms with Crippen LogP contribution in [0.2, 0.25) is 0 Å². The van der Waals surface area contributed by atoms with Gasteiger partial charge in [0.25, 0.3) is 0 Å². The summed E-state index contributed by atoms with van der Waals surface area (Å²) in [4.78, 5) is 0. The summed E-state index contributed by atoms with van der Waals surface area (Å²) >= 11 is 0. The monoisotopic (exact) mass is 346 g/mol. The molecular formula is C25H46. The van der Waals surface area contributed by atoms with Gasteiger partial charge in [0.05, 0.1) is 0 Å². The van der Waals surface area contributed by atoms with Crippen LogP contribution in [0, 0.1) is 11.8 Å². The van der Waals surface area contributed by atoms with Crippen LogP contribution in [0.4, 0.5) is 0 Å². The molecule has 1 fully saturated rings. The van der Waals surface area contributed by atoms with Crippen molar-refractivity contribution in [3.05, 3.63) is 24.3 Å². The fourth-order valence-electron chi connectivity index (χ4n) is 4.42. The van der Waals surface area contributed by atoms with Gasteiger partial charge in [-0.2, -0.15) is 0 Å². The maximum Gasteiger partial charge on any atom is -0.0348 e. The highest BCUT2D eigenvalue weighted by atomic mass is 14.3. The van der Waals surface area contributed by atoms with Crippen LogP contribution in [0.3, 0.4) is 0 Å². The number of allylic oxidation sites excluding steroid dienone is 4. The summed E-state index contributed by atoms with van der Waals surface area (Å²) in [6, 6.07) is 0. The molecule has 0 aliphatic heterocycles. The lowest BCUT2D eigenvalue weighted by atomic mass is 9.87. The molecule has 1 aliphatic rings. The Kier molecular flexibility index (Phi) is 15.2. The standard InChI is InChI=1S/C25H46/c1-3-5-7-9-11-12-13-14-16-18-21-25-23-19-22-24(25)20-17-15-10-8-6-4-2/h11-14,24-25H,3-10,15-23H2,1-2H3/b12-11+,14-13+/t24-,25-/m0/s1. The predicted molar refractivity (Wildman–Crippen MR) is 115 cm³/mol. The van der Waals surface area contributed by atoms with Gasteiger partial charge < -0.3 is 0 Å². The highest BCUT2D eigenvalue weighted by Crippen LogP contribution is 2.38. The van der Waals surface area contributed by atoms with Crippen molar-refractivity contribution in [1.29, 1.82) is 0 Å². The van der Waals surface area contributed by atoms with E-state index in [1.807, 2.05) is 0 Å². The SMILES string of the molecule is CCCCC/C=C/C=C/CCC[C@H]1CCC[C@@H]1CCCCCCCC. The molecule has 0 saturated heterocycles. The molecule has 0 nitrogen and oxygen atoms in total. The fourth-order valence-corrected chi connectivity index (χ4v) is 4.42. The summed E-state index contributed by atoms with van der Waals surface area (Å²) in [5.74, 6) is 2.11. The molecule has 0 bridgehead atoms. The zero-order chi connectivity index (χ0) is 18.0. The van der Waals surface area contributed by atoms with Crippen LogP contribution in [0.1, 0.15) is 123 Å². The molecule has 0 aromatic carbocycles. The van der Waals surface area contributed by atoms with Crippen LogP contribution < -0.4 is 0 Å². The maximum atomic E-state index is 2.38. The van der Waals surface area contributed by atoms with Gasteiger partial charge in [-0.3, -0.25) is 0 Å². The van der Waals surface area contributed by atoms with E-state index in [1.54, 1.807) is 0 Å². The Morgan fingerprint density at radius 3 is 1.80 bits per heavy atom. The van der Waals surface area contributed by atoms with Crippen LogP contribution in [-0.4, -0.2) is 0 Å². The first-order valence-electron chi connectivity index (χ1n) is 11.7. The molecule has 1 rings (SSSR count). The second kappa shape index (κ2) is 16.9. The molecule has 0 unspecified atom stereocenters. The second-order valence-corrected chi connectivity index (χ2v) is 8.29. The highest BCUT2D eigenvalue weighted by molar-refractivity contribution is 5.02. The summed E-state index contributed by atoms with van der Waals surface area (Å²) in [7, 11) is 0. The third-order valence-corrected chi connectivity index (χ3v) is 6.05. The minimum atomic E-state index is 1.05. The molecule has 0 aromatic heterocycles. The smallest absolute Gasteiger partial charge is 0.0348 e. The number of rotatable bonds is 16. The second-order valence-electron chi connectivity index (χ2n) is 8.29. The van der Waals surface area contributed by atoms with Crippen molar-refractivity contribution in [2.75, 3.05) is 0 Å². The molecule has 25 heavy (non-hydrogen) atoms. The topological polar surface area (TPSA) is 0 Å². The van der Waals surface area contributed by atoms with Crippen molar-refractivity contribution in [3.8, 4) is 0 Å². The van der Waals surface area contributed by atoms with Gasteiger partial charge in [-0.25, -0.2) is 0 Å². The summed E-state index contributed by atoms with van der Waals surface area (Å²) in [5, 5.41) is 0. The first-order chi connectivity index (χ1) is 12.4. The van der Waals surface area contributed by atoms with E-state index in [0.717, 1.165) is 11.8 Å². The Labute approximate surface area is 159 Å². The summed E-state index contributed by atoms with van der Waals surface area (Å²) in [5.41, 5.74) is 0. The molecule has 0 amide bonds. The van der Waals surface area contributed by atoms with E-state index < -0.39 is 0 Å².